The third-order valence-corrected chi connectivity index (χ3v) is 8.65. The lowest BCUT2D eigenvalue weighted by Gasteiger charge is -2.18. The molecule has 0 aliphatic rings. The number of hydrogen-bond donors (Lipinski definition) is 4. The van der Waals surface area contributed by atoms with Gasteiger partial charge in [-0.25, -0.2) is 0 Å². The highest BCUT2D eigenvalue weighted by Gasteiger charge is 2.23. The lowest BCUT2D eigenvalue weighted by molar-refractivity contribution is -0.116. The van der Waals surface area contributed by atoms with Crippen molar-refractivity contribution in [3.63, 3.8) is 0 Å². The highest BCUT2D eigenvalue weighted by atomic mass is 32.2. The van der Waals surface area contributed by atoms with Gasteiger partial charge in [-0.3, -0.25) is 19.2 Å². The van der Waals surface area contributed by atoms with E-state index in [4.69, 9.17) is 9.47 Å². The molecule has 0 aliphatic carbocycles. The van der Waals surface area contributed by atoms with Crippen molar-refractivity contribution in [2.45, 2.75) is 17.1 Å². The summed E-state index contributed by atoms with van der Waals surface area (Å²) in [6.07, 6.45) is 1.55. The molecule has 0 aliphatic heterocycles. The minimum absolute atomic E-state index is 0.000176. The molecular weight excluding hydrogens is 665 g/mol. The van der Waals surface area contributed by atoms with Crippen LogP contribution in [-0.4, -0.2) is 37.8 Å². The zero-order chi connectivity index (χ0) is 36.2. The molecule has 4 amide bonds. The Morgan fingerprint density at radius 1 is 0.647 bits per heavy atom. The number of thioether (sulfide) groups is 1. The molecule has 1 unspecified atom stereocenters. The van der Waals surface area contributed by atoms with E-state index in [1.807, 2.05) is 36.4 Å². The van der Waals surface area contributed by atoms with E-state index in [0.29, 0.717) is 39.7 Å². The van der Waals surface area contributed by atoms with Crippen LogP contribution < -0.4 is 30.7 Å². The number of hydrogen-bond acceptors (Lipinski definition) is 7. The van der Waals surface area contributed by atoms with Crippen LogP contribution in [0.2, 0.25) is 0 Å². The molecule has 0 bridgehead atoms. The Hall–Kier alpha value is -6.33. The van der Waals surface area contributed by atoms with Crippen LogP contribution in [0.3, 0.4) is 0 Å². The Labute approximate surface area is 300 Å². The summed E-state index contributed by atoms with van der Waals surface area (Å²) in [4.78, 5) is 52.7. The van der Waals surface area contributed by atoms with Crippen LogP contribution in [0.1, 0.15) is 33.7 Å². The number of methoxy groups -OCH3 is 2. The maximum atomic E-state index is 13.8. The summed E-state index contributed by atoms with van der Waals surface area (Å²) in [7, 11) is 3.04. The number of carbonyl (C=O) groups is 4. The zero-order valence-electron chi connectivity index (χ0n) is 28.1. The number of anilines is 3. The van der Waals surface area contributed by atoms with E-state index < -0.39 is 17.1 Å². The van der Waals surface area contributed by atoms with Crippen molar-refractivity contribution in [1.29, 1.82) is 0 Å². The molecule has 0 heterocycles. The van der Waals surface area contributed by atoms with Crippen molar-refractivity contribution >= 4 is 58.5 Å². The van der Waals surface area contributed by atoms with Crippen LogP contribution in [0.25, 0.3) is 6.08 Å². The van der Waals surface area contributed by atoms with E-state index in [2.05, 4.69) is 21.3 Å². The predicted molar refractivity (Wildman–Crippen MR) is 201 cm³/mol. The summed E-state index contributed by atoms with van der Waals surface area (Å²) < 4.78 is 10.8. The molecule has 51 heavy (non-hydrogen) atoms. The predicted octanol–water partition coefficient (Wildman–Crippen LogP) is 7.54. The van der Waals surface area contributed by atoms with Gasteiger partial charge in [0.05, 0.1) is 14.2 Å². The molecule has 4 N–H and O–H groups in total. The topological polar surface area (TPSA) is 135 Å². The summed E-state index contributed by atoms with van der Waals surface area (Å²) in [6.45, 7) is 1.43. The smallest absolute Gasteiger partial charge is 0.272 e. The number of rotatable bonds is 13. The molecule has 10 nitrogen and oxygen atoms in total. The van der Waals surface area contributed by atoms with Gasteiger partial charge in [0.1, 0.15) is 10.9 Å². The van der Waals surface area contributed by atoms with Gasteiger partial charge in [-0.2, -0.15) is 0 Å². The average Bonchev–Trinajstić information content (AvgIpc) is 3.14. The first-order valence-electron chi connectivity index (χ1n) is 15.8. The molecule has 11 heteroatoms. The fraction of sp³-hybridized carbons (Fsp3) is 0.100. The minimum Gasteiger partial charge on any atom is -0.493 e. The molecular formula is C40H36N4O6S. The van der Waals surface area contributed by atoms with Crippen molar-refractivity contribution in [1.82, 2.24) is 5.32 Å². The second-order valence-corrected chi connectivity index (χ2v) is 12.3. The van der Waals surface area contributed by atoms with Gasteiger partial charge in [0.2, 0.25) is 11.8 Å². The molecule has 5 rings (SSSR count). The quantitative estimate of drug-likeness (QED) is 0.0736. The van der Waals surface area contributed by atoms with Gasteiger partial charge in [0, 0.05) is 34.4 Å². The van der Waals surface area contributed by atoms with Crippen LogP contribution in [0.5, 0.6) is 11.5 Å². The number of carbonyl (C=O) groups excluding carboxylic acids is 4. The minimum atomic E-state index is -0.641. The summed E-state index contributed by atoms with van der Waals surface area (Å²) >= 11 is 1.32. The molecule has 0 saturated heterocycles. The van der Waals surface area contributed by atoms with E-state index in [-0.39, 0.29) is 17.5 Å². The maximum Gasteiger partial charge on any atom is 0.272 e. The van der Waals surface area contributed by atoms with Crippen molar-refractivity contribution in [2.24, 2.45) is 0 Å². The first-order valence-corrected chi connectivity index (χ1v) is 16.7. The van der Waals surface area contributed by atoms with Gasteiger partial charge in [0.25, 0.3) is 11.8 Å². The fourth-order valence-electron chi connectivity index (χ4n) is 4.98. The number of amides is 4. The van der Waals surface area contributed by atoms with Crippen LogP contribution in [0, 0.1) is 0 Å². The first kappa shape index (κ1) is 36.0. The average molecular weight is 701 g/mol. The van der Waals surface area contributed by atoms with Crippen molar-refractivity contribution in [3.8, 4) is 11.5 Å². The van der Waals surface area contributed by atoms with E-state index in [0.717, 1.165) is 10.5 Å². The van der Waals surface area contributed by atoms with E-state index in [1.165, 1.54) is 32.9 Å². The van der Waals surface area contributed by atoms with Gasteiger partial charge in [-0.1, -0.05) is 60.7 Å². The normalized spacial score (nSPS) is 11.5. The molecule has 0 aromatic heterocycles. The van der Waals surface area contributed by atoms with E-state index >= 15 is 0 Å². The third-order valence-electron chi connectivity index (χ3n) is 7.41. The lowest BCUT2D eigenvalue weighted by atomic mass is 10.1. The Morgan fingerprint density at radius 2 is 1.29 bits per heavy atom. The monoisotopic (exact) mass is 700 g/mol. The third kappa shape index (κ3) is 10.1. The molecule has 0 radical (unpaired) electrons. The SMILES string of the molecule is COc1ccc(/C=C(/NC(=O)c2ccccc2)C(=O)Nc2cccc(SC(C(=O)Nc3ccc(NC(C)=O)cc3)c3ccccc3)c2)cc1OC. The Bertz CT molecular complexity index is 2040. The van der Waals surface area contributed by atoms with Gasteiger partial charge in [0.15, 0.2) is 11.5 Å². The molecule has 5 aromatic rings. The van der Waals surface area contributed by atoms with Crippen LogP contribution in [-0.2, 0) is 14.4 Å². The van der Waals surface area contributed by atoms with Gasteiger partial charge >= 0.3 is 0 Å². The lowest BCUT2D eigenvalue weighted by Crippen LogP contribution is -2.30. The van der Waals surface area contributed by atoms with Crippen LogP contribution in [0.15, 0.2) is 138 Å². The molecule has 258 valence electrons. The van der Waals surface area contributed by atoms with Crippen molar-refractivity contribution < 1.29 is 28.7 Å². The van der Waals surface area contributed by atoms with E-state index in [1.54, 1.807) is 97.1 Å². The van der Waals surface area contributed by atoms with Crippen LogP contribution >= 0.6 is 11.8 Å². The Kier molecular flexibility index (Phi) is 12.2. The summed E-state index contributed by atoms with van der Waals surface area (Å²) in [5.74, 6) is -0.473. The highest BCUT2D eigenvalue weighted by Crippen LogP contribution is 2.37. The van der Waals surface area contributed by atoms with Gasteiger partial charge in [-0.15, -0.1) is 11.8 Å². The number of nitrogens with one attached hydrogen (secondary N) is 4. The summed E-state index contributed by atoms with van der Waals surface area (Å²) in [5.41, 5.74) is 3.41. The molecule has 0 fully saturated rings. The standard InChI is InChI=1S/C40H36N4O6S/c1-26(45)41-30-18-20-31(21-19-30)42-40(48)37(28-11-6-4-7-12-28)51-33-16-10-15-32(25-33)43-39(47)34(44-38(46)29-13-8-5-9-14-29)23-27-17-22-35(49-2)36(24-27)50-3/h4-25,37H,1-3H3,(H,41,45)(H,42,48)(H,43,47)(H,44,46)/b34-23+. The first-order chi connectivity index (χ1) is 24.7. The van der Waals surface area contributed by atoms with E-state index in [9.17, 15) is 19.2 Å². The number of benzene rings is 5. The molecule has 1 atom stereocenters. The van der Waals surface area contributed by atoms with Crippen molar-refractivity contribution in [2.75, 3.05) is 30.2 Å². The molecule has 5 aromatic carbocycles. The molecule has 0 spiro atoms. The second-order valence-electron chi connectivity index (χ2n) is 11.1. The highest BCUT2D eigenvalue weighted by molar-refractivity contribution is 8.00. The largest absolute Gasteiger partial charge is 0.493 e. The molecule has 0 saturated carbocycles. The number of ether oxygens (including phenoxy) is 2. The fourth-order valence-corrected chi connectivity index (χ4v) is 6.07. The second kappa shape index (κ2) is 17.4. The Morgan fingerprint density at radius 3 is 1.94 bits per heavy atom. The Balaban J connectivity index is 1.38. The summed E-state index contributed by atoms with van der Waals surface area (Å²) in [6, 6.07) is 37.1. The van der Waals surface area contributed by atoms with Gasteiger partial charge < -0.3 is 30.7 Å². The van der Waals surface area contributed by atoms with Crippen LogP contribution in [0.4, 0.5) is 17.1 Å². The van der Waals surface area contributed by atoms with Crippen molar-refractivity contribution in [3.05, 3.63) is 150 Å². The zero-order valence-corrected chi connectivity index (χ0v) is 29.0. The summed E-state index contributed by atoms with van der Waals surface area (Å²) in [5, 5.41) is 10.7. The van der Waals surface area contributed by atoms with Gasteiger partial charge in [-0.05, 0) is 83.9 Å². The maximum absolute atomic E-state index is 13.8.